The molecule has 0 bridgehead atoms. The second-order valence-corrected chi connectivity index (χ2v) is 8.64. The van der Waals surface area contributed by atoms with Crippen LogP contribution >= 0.6 is 35.7 Å². The molecular formula is C21H30IN3OS2. The summed E-state index contributed by atoms with van der Waals surface area (Å²) in [5.41, 5.74) is 3.59. The highest BCUT2D eigenvalue weighted by atomic mass is 127. The van der Waals surface area contributed by atoms with Crippen LogP contribution in [0, 0.1) is 6.92 Å². The summed E-state index contributed by atoms with van der Waals surface area (Å²) in [5, 5.41) is 6.55. The summed E-state index contributed by atoms with van der Waals surface area (Å²) in [7, 11) is -0.888. The van der Waals surface area contributed by atoms with Crippen molar-refractivity contribution in [3.8, 4) is 0 Å². The Hall–Kier alpha value is -1.06. The van der Waals surface area contributed by atoms with Gasteiger partial charge < -0.3 is 10.6 Å². The molecule has 4 nitrogen and oxygen atoms in total. The lowest BCUT2D eigenvalue weighted by Gasteiger charge is -2.12. The highest BCUT2D eigenvalue weighted by molar-refractivity contribution is 14.0. The third-order valence-electron chi connectivity index (χ3n) is 3.99. The fourth-order valence-corrected chi connectivity index (χ4v) is 4.34. The van der Waals surface area contributed by atoms with Crippen LogP contribution in [0.3, 0.4) is 0 Å². The van der Waals surface area contributed by atoms with Gasteiger partial charge in [0.05, 0.1) is 6.54 Å². The average molecular weight is 532 g/mol. The van der Waals surface area contributed by atoms with Gasteiger partial charge in [0.1, 0.15) is 0 Å². The first kappa shape index (κ1) is 25.0. The van der Waals surface area contributed by atoms with Crippen LogP contribution in [0.1, 0.15) is 23.6 Å². The Morgan fingerprint density at radius 3 is 2.57 bits per heavy atom. The zero-order chi connectivity index (χ0) is 19.5. The molecule has 7 heteroatoms. The van der Waals surface area contributed by atoms with Gasteiger partial charge in [-0.2, -0.15) is 0 Å². The van der Waals surface area contributed by atoms with E-state index in [0.29, 0.717) is 24.6 Å². The van der Waals surface area contributed by atoms with Crippen molar-refractivity contribution in [1.29, 1.82) is 0 Å². The Bertz CT molecular complexity index is 770. The number of nitrogens with zero attached hydrogens (tertiary/aromatic N) is 1. The number of aryl methyl sites for hydroxylation is 1. The van der Waals surface area contributed by atoms with Crippen LogP contribution in [-0.4, -0.2) is 35.3 Å². The Morgan fingerprint density at radius 1 is 1.14 bits per heavy atom. The Morgan fingerprint density at radius 2 is 1.89 bits per heavy atom. The maximum atomic E-state index is 12.3. The highest BCUT2D eigenvalue weighted by Gasteiger charge is 2.05. The van der Waals surface area contributed by atoms with E-state index in [0.717, 1.165) is 18.1 Å². The van der Waals surface area contributed by atoms with Crippen LogP contribution < -0.4 is 10.6 Å². The quantitative estimate of drug-likeness (QED) is 0.219. The predicted octanol–water partition coefficient (Wildman–Crippen LogP) is 4.34. The molecule has 0 aliphatic heterocycles. The number of hydrogen-bond donors (Lipinski definition) is 2. The van der Waals surface area contributed by atoms with Crippen molar-refractivity contribution in [2.75, 3.05) is 25.1 Å². The summed E-state index contributed by atoms with van der Waals surface area (Å²) in [4.78, 5) is 5.95. The maximum absolute atomic E-state index is 12.3. The van der Waals surface area contributed by atoms with Gasteiger partial charge in [-0.1, -0.05) is 42.5 Å². The van der Waals surface area contributed by atoms with E-state index in [-0.39, 0.29) is 24.0 Å². The fraction of sp³-hybridized carbons (Fsp3) is 0.381. The molecule has 0 spiro atoms. The minimum absolute atomic E-state index is 0. The molecule has 2 rings (SSSR count). The number of hydrogen-bond acceptors (Lipinski definition) is 3. The van der Waals surface area contributed by atoms with E-state index in [4.69, 9.17) is 0 Å². The van der Waals surface area contributed by atoms with Crippen LogP contribution in [0.2, 0.25) is 0 Å². The number of aliphatic imine (C=N–C) groups is 1. The van der Waals surface area contributed by atoms with Gasteiger partial charge in [-0.05, 0) is 42.9 Å². The fourth-order valence-electron chi connectivity index (χ4n) is 2.60. The molecule has 0 fully saturated rings. The van der Waals surface area contributed by atoms with Crippen LogP contribution in [0.5, 0.6) is 0 Å². The van der Waals surface area contributed by atoms with Crippen molar-refractivity contribution in [3.05, 3.63) is 65.2 Å². The van der Waals surface area contributed by atoms with Gasteiger partial charge in [-0.25, -0.2) is 4.99 Å². The van der Waals surface area contributed by atoms with Crippen molar-refractivity contribution in [1.82, 2.24) is 10.6 Å². The first-order valence-electron chi connectivity index (χ1n) is 9.17. The number of thioether (sulfide) groups is 1. The van der Waals surface area contributed by atoms with E-state index in [2.05, 4.69) is 47.0 Å². The molecule has 2 aromatic rings. The lowest BCUT2D eigenvalue weighted by Crippen LogP contribution is -2.39. The molecule has 0 saturated carbocycles. The third-order valence-corrected chi connectivity index (χ3v) is 6.12. The first-order chi connectivity index (χ1) is 13.1. The summed E-state index contributed by atoms with van der Waals surface area (Å²) in [6, 6.07) is 16.4. The number of guanidine groups is 1. The second kappa shape index (κ2) is 14.0. The monoisotopic (exact) mass is 531 g/mol. The van der Waals surface area contributed by atoms with Crippen molar-refractivity contribution in [2.45, 2.75) is 31.0 Å². The van der Waals surface area contributed by atoms with Gasteiger partial charge in [-0.15, -0.1) is 35.7 Å². The van der Waals surface area contributed by atoms with E-state index < -0.39 is 10.8 Å². The zero-order valence-corrected chi connectivity index (χ0v) is 20.7. The van der Waals surface area contributed by atoms with Crippen molar-refractivity contribution >= 4 is 52.5 Å². The lowest BCUT2D eigenvalue weighted by molar-refractivity contribution is 0.680. The van der Waals surface area contributed by atoms with Crippen molar-refractivity contribution in [3.63, 3.8) is 0 Å². The smallest absolute Gasteiger partial charge is 0.191 e. The van der Waals surface area contributed by atoms with Gasteiger partial charge >= 0.3 is 0 Å². The molecule has 2 aromatic carbocycles. The van der Waals surface area contributed by atoms with Crippen LogP contribution in [0.4, 0.5) is 0 Å². The molecule has 0 radical (unpaired) electrons. The number of nitrogens with one attached hydrogen (secondary N) is 2. The molecule has 0 aliphatic carbocycles. The molecule has 0 saturated heterocycles. The third kappa shape index (κ3) is 8.96. The molecule has 0 heterocycles. The number of halogens is 1. The number of rotatable bonds is 9. The van der Waals surface area contributed by atoms with E-state index in [1.165, 1.54) is 16.0 Å². The molecule has 0 aromatic heterocycles. The lowest BCUT2D eigenvalue weighted by atomic mass is 10.1. The summed E-state index contributed by atoms with van der Waals surface area (Å²) >= 11 is 1.75. The summed E-state index contributed by atoms with van der Waals surface area (Å²) < 4.78 is 12.3. The Labute approximate surface area is 192 Å². The molecule has 28 heavy (non-hydrogen) atoms. The van der Waals surface area contributed by atoms with Crippen LogP contribution in [0.15, 0.2) is 58.4 Å². The molecule has 0 aliphatic rings. The van der Waals surface area contributed by atoms with Gasteiger partial charge in [0.15, 0.2) is 5.96 Å². The summed E-state index contributed by atoms with van der Waals surface area (Å²) in [5.74, 6) is 1.96. The van der Waals surface area contributed by atoms with Gasteiger partial charge in [0.2, 0.25) is 0 Å². The van der Waals surface area contributed by atoms with Crippen molar-refractivity contribution in [2.24, 2.45) is 4.99 Å². The van der Waals surface area contributed by atoms with Crippen LogP contribution in [0.25, 0.3) is 0 Å². The average Bonchev–Trinajstić information content (AvgIpc) is 2.67. The van der Waals surface area contributed by atoms with Gasteiger partial charge in [0.25, 0.3) is 0 Å². The van der Waals surface area contributed by atoms with E-state index in [1.54, 1.807) is 11.8 Å². The van der Waals surface area contributed by atoms with Gasteiger partial charge in [0, 0.05) is 40.3 Å². The Balaban J connectivity index is 0.00000392. The minimum atomic E-state index is -0.888. The predicted molar refractivity (Wildman–Crippen MR) is 134 cm³/mol. The molecular weight excluding hydrogens is 501 g/mol. The molecule has 1 unspecified atom stereocenters. The molecule has 154 valence electrons. The standard InChI is InChI=1S/C21H29N3OS2.HI/c1-4-22-21(24-15-19-11-10-17(2)14-20(19)26-3)23-12-13-27(25)16-18-8-6-5-7-9-18;/h5-11,14H,4,12-13,15-16H2,1-3H3,(H2,22,23,24);1H. The SMILES string of the molecule is CCNC(=NCc1ccc(C)cc1SC)NCCS(=O)Cc1ccccc1.I. The minimum Gasteiger partial charge on any atom is -0.357 e. The van der Waals surface area contributed by atoms with E-state index >= 15 is 0 Å². The van der Waals surface area contributed by atoms with Gasteiger partial charge in [-0.3, -0.25) is 4.21 Å². The second-order valence-electron chi connectivity index (χ2n) is 6.21. The Kier molecular flexibility index (Phi) is 12.5. The van der Waals surface area contributed by atoms with Crippen LogP contribution in [-0.2, 0) is 23.1 Å². The van der Waals surface area contributed by atoms with Crippen molar-refractivity contribution < 1.29 is 4.21 Å². The van der Waals surface area contributed by atoms with E-state index in [9.17, 15) is 4.21 Å². The maximum Gasteiger partial charge on any atom is 0.191 e. The molecule has 0 amide bonds. The largest absolute Gasteiger partial charge is 0.357 e. The van der Waals surface area contributed by atoms with E-state index in [1.807, 2.05) is 37.3 Å². The summed E-state index contributed by atoms with van der Waals surface area (Å²) in [6.07, 6.45) is 2.09. The first-order valence-corrected chi connectivity index (χ1v) is 11.9. The zero-order valence-electron chi connectivity index (χ0n) is 16.7. The molecule has 1 atom stereocenters. The normalized spacial score (nSPS) is 12.2. The summed E-state index contributed by atoms with van der Waals surface area (Å²) in [6.45, 7) is 6.20. The highest BCUT2D eigenvalue weighted by Crippen LogP contribution is 2.22. The molecule has 2 N–H and O–H groups in total. The number of benzene rings is 2. The topological polar surface area (TPSA) is 53.5 Å².